The Morgan fingerprint density at radius 1 is 0.310 bits per heavy atom. The highest BCUT2D eigenvalue weighted by atomic mass is 15.0. The van der Waals surface area contributed by atoms with Gasteiger partial charge in [-0.25, -0.2) is 9.97 Å². The Balaban J connectivity index is 1.06. The normalized spacial score (nSPS) is 11.8. The van der Waals surface area contributed by atoms with E-state index < -0.39 is 0 Å². The molecule has 0 fully saturated rings. The number of aromatic nitrogens is 4. The third kappa shape index (κ3) is 5.02. The first-order chi connectivity index (χ1) is 28.8. The molecule has 0 aliphatic heterocycles. The molecule has 58 heavy (non-hydrogen) atoms. The van der Waals surface area contributed by atoms with E-state index in [4.69, 9.17) is 9.97 Å². The monoisotopic (exact) mass is 738 g/mol. The van der Waals surface area contributed by atoms with Crippen molar-refractivity contribution in [3.63, 3.8) is 0 Å². The topological polar surface area (TPSA) is 35.6 Å². The molecular weight excluding hydrogens is 705 g/mol. The van der Waals surface area contributed by atoms with E-state index in [1.165, 1.54) is 54.4 Å². The van der Waals surface area contributed by atoms with Crippen molar-refractivity contribution in [1.29, 1.82) is 0 Å². The number of hydrogen-bond donors (Lipinski definition) is 0. The molecule has 12 rings (SSSR count). The number of hydrogen-bond acceptors (Lipinski definition) is 2. The Morgan fingerprint density at radius 2 is 0.810 bits per heavy atom. The van der Waals surface area contributed by atoms with E-state index in [-0.39, 0.29) is 0 Å². The minimum Gasteiger partial charge on any atom is -0.309 e. The molecule has 0 saturated carbocycles. The van der Waals surface area contributed by atoms with E-state index in [0.717, 1.165) is 50.2 Å². The second-order valence-corrected chi connectivity index (χ2v) is 15.0. The molecule has 270 valence electrons. The summed E-state index contributed by atoms with van der Waals surface area (Å²) < 4.78 is 4.86. The summed E-state index contributed by atoms with van der Waals surface area (Å²) in [5.41, 5.74) is 11.9. The van der Waals surface area contributed by atoms with Gasteiger partial charge in [-0.15, -0.1) is 0 Å². The van der Waals surface area contributed by atoms with E-state index in [1.807, 2.05) is 12.1 Å². The smallest absolute Gasteiger partial charge is 0.161 e. The van der Waals surface area contributed by atoms with Gasteiger partial charge in [-0.3, -0.25) is 0 Å². The Kier molecular flexibility index (Phi) is 7.20. The Hall–Kier alpha value is -7.82. The lowest BCUT2D eigenvalue weighted by atomic mass is 10.0. The van der Waals surface area contributed by atoms with Crippen molar-refractivity contribution in [2.75, 3.05) is 0 Å². The summed E-state index contributed by atoms with van der Waals surface area (Å²) in [7, 11) is 0. The fraction of sp³-hybridized carbons (Fsp3) is 0. The van der Waals surface area contributed by atoms with Crippen LogP contribution in [-0.4, -0.2) is 19.1 Å². The van der Waals surface area contributed by atoms with Crippen molar-refractivity contribution in [1.82, 2.24) is 19.1 Å². The third-order valence-electron chi connectivity index (χ3n) is 11.7. The molecule has 0 aliphatic rings. The van der Waals surface area contributed by atoms with Crippen LogP contribution in [0, 0.1) is 0 Å². The lowest BCUT2D eigenvalue weighted by Gasteiger charge is -2.13. The van der Waals surface area contributed by atoms with E-state index in [9.17, 15) is 0 Å². The molecule has 9 aromatic carbocycles. The number of fused-ring (bicyclic) bond motifs is 9. The van der Waals surface area contributed by atoms with Gasteiger partial charge in [0.05, 0.1) is 33.5 Å². The molecule has 0 bridgehead atoms. The molecule has 4 heteroatoms. The molecule has 0 saturated heterocycles. The zero-order valence-electron chi connectivity index (χ0n) is 31.4. The highest BCUT2D eigenvalue weighted by molar-refractivity contribution is 6.29. The Morgan fingerprint density at radius 3 is 1.43 bits per heavy atom. The van der Waals surface area contributed by atoms with Crippen molar-refractivity contribution in [3.8, 4) is 45.3 Å². The summed E-state index contributed by atoms with van der Waals surface area (Å²) in [6.45, 7) is 0. The quantitative estimate of drug-likeness (QED) is 0.176. The molecule has 0 N–H and O–H groups in total. The molecule has 0 spiro atoms. The molecule has 0 atom stereocenters. The van der Waals surface area contributed by atoms with Crippen LogP contribution in [0.25, 0.3) is 110 Å². The largest absolute Gasteiger partial charge is 0.309 e. The van der Waals surface area contributed by atoms with E-state index in [2.05, 4.69) is 203 Å². The van der Waals surface area contributed by atoms with Crippen molar-refractivity contribution < 1.29 is 0 Å². The molecule has 0 radical (unpaired) electrons. The van der Waals surface area contributed by atoms with Gasteiger partial charge in [0.2, 0.25) is 0 Å². The minimum atomic E-state index is 0.709. The Labute approximate surface area is 334 Å². The van der Waals surface area contributed by atoms with E-state index in [0.29, 0.717) is 5.82 Å². The second-order valence-electron chi connectivity index (χ2n) is 15.0. The lowest BCUT2D eigenvalue weighted by Crippen LogP contribution is -1.97. The second kappa shape index (κ2) is 12.9. The summed E-state index contributed by atoms with van der Waals surface area (Å²) in [5.74, 6) is 0.709. The van der Waals surface area contributed by atoms with E-state index in [1.54, 1.807) is 0 Å². The zero-order chi connectivity index (χ0) is 38.2. The van der Waals surface area contributed by atoms with Gasteiger partial charge in [0.15, 0.2) is 5.82 Å². The van der Waals surface area contributed by atoms with Gasteiger partial charge in [-0.05, 0) is 76.1 Å². The van der Waals surface area contributed by atoms with Gasteiger partial charge in [0.1, 0.15) is 0 Å². The van der Waals surface area contributed by atoms with Crippen LogP contribution in [0.5, 0.6) is 0 Å². The maximum Gasteiger partial charge on any atom is 0.161 e. The predicted molar refractivity (Wildman–Crippen MR) is 242 cm³/mol. The molecule has 0 amide bonds. The molecular formula is C54H34N4. The summed E-state index contributed by atoms with van der Waals surface area (Å²) in [6.07, 6.45) is 0. The third-order valence-corrected chi connectivity index (χ3v) is 11.7. The predicted octanol–water partition coefficient (Wildman–Crippen LogP) is 14.0. The van der Waals surface area contributed by atoms with Crippen molar-refractivity contribution >= 4 is 65.2 Å². The van der Waals surface area contributed by atoms with Crippen molar-refractivity contribution in [3.05, 3.63) is 206 Å². The highest BCUT2D eigenvalue weighted by Gasteiger charge is 2.21. The van der Waals surface area contributed by atoms with Crippen LogP contribution >= 0.6 is 0 Å². The average molecular weight is 739 g/mol. The fourth-order valence-electron chi connectivity index (χ4n) is 9.08. The van der Waals surface area contributed by atoms with Crippen LogP contribution in [-0.2, 0) is 0 Å². The van der Waals surface area contributed by atoms with Crippen molar-refractivity contribution in [2.24, 2.45) is 0 Å². The molecule has 3 aromatic heterocycles. The fourth-order valence-corrected chi connectivity index (χ4v) is 9.08. The van der Waals surface area contributed by atoms with Gasteiger partial charge < -0.3 is 9.13 Å². The van der Waals surface area contributed by atoms with Crippen molar-refractivity contribution in [2.45, 2.75) is 0 Å². The van der Waals surface area contributed by atoms with Crippen LogP contribution in [0.1, 0.15) is 0 Å². The first-order valence-electron chi connectivity index (χ1n) is 19.7. The molecule has 3 heterocycles. The summed E-state index contributed by atoms with van der Waals surface area (Å²) >= 11 is 0. The number of para-hydroxylation sites is 2. The average Bonchev–Trinajstić information content (AvgIpc) is 3.82. The van der Waals surface area contributed by atoms with Crippen LogP contribution in [0.3, 0.4) is 0 Å². The van der Waals surface area contributed by atoms with E-state index >= 15 is 0 Å². The van der Waals surface area contributed by atoms with Crippen LogP contribution in [0.15, 0.2) is 206 Å². The molecule has 0 unspecified atom stereocenters. The van der Waals surface area contributed by atoms with Crippen LogP contribution in [0.4, 0.5) is 0 Å². The van der Waals surface area contributed by atoms with Gasteiger partial charge in [-0.2, -0.15) is 0 Å². The number of benzene rings is 9. The maximum atomic E-state index is 5.18. The SMILES string of the molecule is c1ccc(-c2cc(-c3ccccc3)nc(-c3cccc4cc(-n5c6ccccc6c6c7c8ccccc8n(-c8ccc9ccccc9c8)c7ccc65)ccc34)n2)cc1. The zero-order valence-corrected chi connectivity index (χ0v) is 31.4. The molecule has 12 aromatic rings. The standard InChI is InChI=1S/C54H34N4/c1-3-15-36(16-4-1)46-34-47(37-17-5-2-6-18-37)56-54(55-46)43-23-13-20-39-33-41(28-29-42(39)43)58-49-25-12-10-22-45(49)53-51(58)31-30-50-52(53)44-21-9-11-24-48(44)57(50)40-27-26-35-14-7-8-19-38(35)32-40/h1-34H. The number of nitrogens with zero attached hydrogens (tertiary/aromatic N) is 4. The van der Waals surface area contributed by atoms with Gasteiger partial charge in [0, 0.05) is 49.6 Å². The first-order valence-corrected chi connectivity index (χ1v) is 19.7. The highest BCUT2D eigenvalue weighted by Crippen LogP contribution is 2.43. The molecule has 4 nitrogen and oxygen atoms in total. The maximum absolute atomic E-state index is 5.18. The lowest BCUT2D eigenvalue weighted by molar-refractivity contribution is 1.18. The summed E-state index contributed by atoms with van der Waals surface area (Å²) in [5, 5.41) is 9.72. The van der Waals surface area contributed by atoms with Crippen LogP contribution < -0.4 is 0 Å². The minimum absolute atomic E-state index is 0.709. The summed E-state index contributed by atoms with van der Waals surface area (Å²) in [4.78, 5) is 10.4. The van der Waals surface area contributed by atoms with Gasteiger partial charge in [0.25, 0.3) is 0 Å². The Bertz CT molecular complexity index is 3500. The van der Waals surface area contributed by atoms with Crippen LogP contribution in [0.2, 0.25) is 0 Å². The first kappa shape index (κ1) is 32.4. The van der Waals surface area contributed by atoms with Gasteiger partial charge in [-0.1, -0.05) is 152 Å². The number of rotatable bonds is 5. The summed E-state index contributed by atoms with van der Waals surface area (Å²) in [6, 6.07) is 73.7. The molecule has 0 aliphatic carbocycles. The van der Waals surface area contributed by atoms with Gasteiger partial charge >= 0.3 is 0 Å².